The van der Waals surface area contributed by atoms with E-state index >= 15 is 0 Å². The second-order valence-electron chi connectivity index (χ2n) is 7.38. The third kappa shape index (κ3) is 5.58. The van der Waals surface area contributed by atoms with Gasteiger partial charge in [0.15, 0.2) is 0 Å². The van der Waals surface area contributed by atoms with E-state index in [1.807, 2.05) is 56.5 Å². The van der Waals surface area contributed by atoms with Gasteiger partial charge in [0.2, 0.25) is 11.8 Å². The predicted molar refractivity (Wildman–Crippen MR) is 118 cm³/mol. The van der Waals surface area contributed by atoms with Crippen LogP contribution >= 0.6 is 11.8 Å². The van der Waals surface area contributed by atoms with E-state index in [0.29, 0.717) is 5.82 Å². The molecule has 0 saturated carbocycles. The van der Waals surface area contributed by atoms with Gasteiger partial charge < -0.3 is 10.6 Å². The molecule has 1 aliphatic rings. The van der Waals surface area contributed by atoms with E-state index in [0.717, 1.165) is 42.1 Å². The molecule has 0 aliphatic carbocycles. The van der Waals surface area contributed by atoms with Gasteiger partial charge in [0.05, 0.1) is 11.7 Å². The average molecular weight is 413 g/mol. The number of hydrogen-bond donors (Lipinski definition) is 2. The van der Waals surface area contributed by atoms with E-state index in [9.17, 15) is 9.59 Å². The fourth-order valence-corrected chi connectivity index (χ4v) is 4.09. The van der Waals surface area contributed by atoms with Crippen LogP contribution in [0.2, 0.25) is 0 Å². The van der Waals surface area contributed by atoms with Crippen molar-refractivity contribution in [1.29, 1.82) is 0 Å². The zero-order valence-electron chi connectivity index (χ0n) is 17.1. The van der Waals surface area contributed by atoms with Crippen LogP contribution < -0.4 is 10.6 Å². The van der Waals surface area contributed by atoms with Gasteiger partial charge in [0, 0.05) is 17.0 Å². The van der Waals surface area contributed by atoms with Gasteiger partial charge in [-0.3, -0.25) is 14.5 Å². The number of rotatable bonds is 6. The Kier molecular flexibility index (Phi) is 7.28. The minimum absolute atomic E-state index is 0.00810. The summed E-state index contributed by atoms with van der Waals surface area (Å²) in [6.07, 6.45) is 5.16. The topological polar surface area (TPSA) is 74.3 Å². The molecule has 1 saturated heterocycles. The van der Waals surface area contributed by atoms with Crippen LogP contribution in [0.15, 0.2) is 47.5 Å². The molecule has 3 rings (SSSR count). The largest absolute Gasteiger partial charge is 0.324 e. The Morgan fingerprint density at radius 2 is 1.90 bits per heavy atom. The molecule has 2 N–H and O–H groups in total. The molecule has 2 heterocycles. The maximum Gasteiger partial charge on any atom is 0.241 e. The van der Waals surface area contributed by atoms with E-state index in [2.05, 4.69) is 20.5 Å². The lowest BCUT2D eigenvalue weighted by atomic mass is 9.95. The summed E-state index contributed by atoms with van der Waals surface area (Å²) < 4.78 is 0. The number of likely N-dealkylation sites (tertiary alicyclic amines) is 1. The van der Waals surface area contributed by atoms with Gasteiger partial charge in [0.25, 0.3) is 0 Å². The number of piperidine rings is 1. The van der Waals surface area contributed by atoms with Crippen LogP contribution in [-0.2, 0) is 9.59 Å². The first kappa shape index (κ1) is 21.3. The molecule has 0 spiro atoms. The van der Waals surface area contributed by atoms with Gasteiger partial charge in [0.1, 0.15) is 5.82 Å². The summed E-state index contributed by atoms with van der Waals surface area (Å²) in [5, 5.41) is 5.96. The van der Waals surface area contributed by atoms with E-state index in [1.54, 1.807) is 18.0 Å². The zero-order chi connectivity index (χ0) is 20.8. The first-order valence-electron chi connectivity index (χ1n) is 9.89. The van der Waals surface area contributed by atoms with Crippen LogP contribution in [0.5, 0.6) is 0 Å². The number of thioether (sulfide) groups is 1. The molecule has 2 aromatic rings. The summed E-state index contributed by atoms with van der Waals surface area (Å²) in [4.78, 5) is 32.7. The molecular weight excluding hydrogens is 384 g/mol. The smallest absolute Gasteiger partial charge is 0.241 e. The lowest BCUT2D eigenvalue weighted by molar-refractivity contribution is -0.123. The fraction of sp³-hybridized carbons (Fsp3) is 0.409. The van der Waals surface area contributed by atoms with Crippen molar-refractivity contribution in [2.24, 2.45) is 5.92 Å². The number of nitrogens with one attached hydrogen (secondary N) is 2. The Morgan fingerprint density at radius 3 is 2.59 bits per heavy atom. The molecule has 1 aromatic heterocycles. The van der Waals surface area contributed by atoms with Crippen molar-refractivity contribution in [3.8, 4) is 0 Å². The Hall–Kier alpha value is -2.38. The number of benzene rings is 1. The first-order chi connectivity index (χ1) is 14.0. The third-order valence-corrected chi connectivity index (χ3v) is 6.15. The Balaban J connectivity index is 1.51. The maximum atomic E-state index is 12.7. The molecular formula is C22H28N4O2S. The summed E-state index contributed by atoms with van der Waals surface area (Å²) >= 11 is 1.61. The number of carbonyl (C=O) groups is 2. The number of carbonyl (C=O) groups excluding carboxylic acids is 2. The molecule has 0 radical (unpaired) electrons. The van der Waals surface area contributed by atoms with E-state index < -0.39 is 0 Å². The highest BCUT2D eigenvalue weighted by atomic mass is 32.2. The lowest BCUT2D eigenvalue weighted by Crippen LogP contribution is -2.47. The molecule has 1 fully saturated rings. The average Bonchev–Trinajstić information content (AvgIpc) is 2.73. The summed E-state index contributed by atoms with van der Waals surface area (Å²) in [5.74, 6) is 0.533. The minimum atomic E-state index is -0.243. The second-order valence-corrected chi connectivity index (χ2v) is 8.23. The fourth-order valence-electron chi connectivity index (χ4n) is 3.53. The summed E-state index contributed by atoms with van der Waals surface area (Å²) in [6.45, 7) is 5.34. The van der Waals surface area contributed by atoms with Crippen molar-refractivity contribution >= 4 is 35.1 Å². The van der Waals surface area contributed by atoms with Crippen LogP contribution in [0.25, 0.3) is 0 Å². The molecule has 0 bridgehead atoms. The SMILES string of the molecule is CSc1ccccc1NC(=O)C(C)N1CCC(C(=O)Nc2cc(C)ccn2)CC1. The molecule has 1 atom stereocenters. The molecule has 1 aliphatic heterocycles. The molecule has 6 nitrogen and oxygen atoms in total. The lowest BCUT2D eigenvalue weighted by Gasteiger charge is -2.34. The third-order valence-electron chi connectivity index (χ3n) is 5.36. The van der Waals surface area contributed by atoms with Gasteiger partial charge in [-0.25, -0.2) is 4.98 Å². The first-order valence-corrected chi connectivity index (χ1v) is 11.1. The van der Waals surface area contributed by atoms with Gasteiger partial charge in [-0.2, -0.15) is 0 Å². The van der Waals surface area contributed by atoms with Crippen molar-refractivity contribution < 1.29 is 9.59 Å². The number of hydrogen-bond acceptors (Lipinski definition) is 5. The molecule has 29 heavy (non-hydrogen) atoms. The van der Waals surface area contributed by atoms with Crippen molar-refractivity contribution in [2.75, 3.05) is 30.0 Å². The molecule has 7 heteroatoms. The number of nitrogens with zero attached hydrogens (tertiary/aromatic N) is 2. The zero-order valence-corrected chi connectivity index (χ0v) is 18.0. The maximum absolute atomic E-state index is 12.7. The Bertz CT molecular complexity index is 865. The highest BCUT2D eigenvalue weighted by Gasteiger charge is 2.30. The van der Waals surface area contributed by atoms with Crippen molar-refractivity contribution in [2.45, 2.75) is 37.6 Å². The molecule has 1 aromatic carbocycles. The highest BCUT2D eigenvalue weighted by molar-refractivity contribution is 7.98. The van der Waals surface area contributed by atoms with Crippen LogP contribution in [0.3, 0.4) is 0 Å². The van der Waals surface area contributed by atoms with Gasteiger partial charge >= 0.3 is 0 Å². The Labute approximate surface area is 176 Å². The van der Waals surface area contributed by atoms with Crippen molar-refractivity contribution in [1.82, 2.24) is 9.88 Å². The monoisotopic (exact) mass is 412 g/mol. The summed E-state index contributed by atoms with van der Waals surface area (Å²) in [7, 11) is 0. The number of anilines is 2. The normalized spacial score (nSPS) is 16.2. The highest BCUT2D eigenvalue weighted by Crippen LogP contribution is 2.26. The number of aryl methyl sites for hydroxylation is 1. The quantitative estimate of drug-likeness (QED) is 0.706. The number of aromatic nitrogens is 1. The Morgan fingerprint density at radius 1 is 1.17 bits per heavy atom. The predicted octanol–water partition coefficient (Wildman–Crippen LogP) is 3.79. The van der Waals surface area contributed by atoms with Gasteiger partial charge in [-0.1, -0.05) is 12.1 Å². The number of para-hydroxylation sites is 1. The van der Waals surface area contributed by atoms with Crippen LogP contribution in [0.1, 0.15) is 25.3 Å². The molecule has 1 unspecified atom stereocenters. The van der Waals surface area contributed by atoms with Crippen molar-refractivity contribution in [3.63, 3.8) is 0 Å². The van der Waals surface area contributed by atoms with Gasteiger partial charge in [-0.05, 0) is 75.9 Å². The summed E-state index contributed by atoms with van der Waals surface area (Å²) in [6, 6.07) is 11.3. The van der Waals surface area contributed by atoms with Crippen LogP contribution in [0, 0.1) is 12.8 Å². The van der Waals surface area contributed by atoms with Crippen molar-refractivity contribution in [3.05, 3.63) is 48.2 Å². The number of amides is 2. The van der Waals surface area contributed by atoms with Crippen LogP contribution in [0.4, 0.5) is 11.5 Å². The molecule has 154 valence electrons. The molecule has 2 amide bonds. The summed E-state index contributed by atoms with van der Waals surface area (Å²) in [5.41, 5.74) is 1.91. The van der Waals surface area contributed by atoms with E-state index in [4.69, 9.17) is 0 Å². The van der Waals surface area contributed by atoms with E-state index in [-0.39, 0.29) is 23.8 Å². The van der Waals surface area contributed by atoms with Crippen LogP contribution in [-0.4, -0.2) is 47.1 Å². The number of pyridine rings is 1. The van der Waals surface area contributed by atoms with E-state index in [1.165, 1.54) is 0 Å². The van der Waals surface area contributed by atoms with Gasteiger partial charge in [-0.15, -0.1) is 11.8 Å². The standard InChI is InChI=1S/C22H28N4O2S/c1-15-8-11-23-20(14-15)25-22(28)17-9-12-26(13-10-17)16(2)21(27)24-18-6-4-5-7-19(18)29-3/h4-8,11,14,16-17H,9-10,12-13H2,1-3H3,(H,24,27)(H,23,25,28). The minimum Gasteiger partial charge on any atom is -0.324 e. The second kappa shape index (κ2) is 9.89.